The fourth-order valence-corrected chi connectivity index (χ4v) is 1.67. The quantitative estimate of drug-likeness (QED) is 0.783. The van der Waals surface area contributed by atoms with Gasteiger partial charge in [0.1, 0.15) is 12.1 Å². The average molecular weight is 187 g/mol. The summed E-state index contributed by atoms with van der Waals surface area (Å²) in [5.74, 6) is 0.910. The van der Waals surface area contributed by atoms with Crippen LogP contribution < -0.4 is 5.32 Å². The van der Waals surface area contributed by atoms with E-state index in [-0.39, 0.29) is 0 Å². The standard InChI is InChI=1S/C11H13N3/c1-3-8-5-4-6-9-10(8)11(12-2)14-7-13-9/h4-7H,3H2,1-2H3,(H,12,13,14). The van der Waals surface area contributed by atoms with Gasteiger partial charge < -0.3 is 5.32 Å². The van der Waals surface area contributed by atoms with Gasteiger partial charge in [0.25, 0.3) is 0 Å². The Kier molecular flexibility index (Phi) is 2.31. The summed E-state index contributed by atoms with van der Waals surface area (Å²) >= 11 is 0. The third kappa shape index (κ3) is 1.31. The van der Waals surface area contributed by atoms with Crippen molar-refractivity contribution in [3.05, 3.63) is 30.1 Å². The maximum atomic E-state index is 4.25. The van der Waals surface area contributed by atoms with Crippen LogP contribution in [0.2, 0.25) is 0 Å². The van der Waals surface area contributed by atoms with Gasteiger partial charge in [0.05, 0.1) is 5.52 Å². The molecule has 14 heavy (non-hydrogen) atoms. The molecule has 0 aliphatic heterocycles. The zero-order chi connectivity index (χ0) is 9.97. The van der Waals surface area contributed by atoms with E-state index < -0.39 is 0 Å². The number of nitrogens with one attached hydrogen (secondary N) is 1. The van der Waals surface area contributed by atoms with Gasteiger partial charge in [-0.2, -0.15) is 0 Å². The first-order chi connectivity index (χ1) is 6.86. The molecule has 0 fully saturated rings. The SMILES string of the molecule is CCc1cccc2ncnc(NC)c12. The average Bonchev–Trinajstić information content (AvgIpc) is 2.27. The molecule has 2 rings (SSSR count). The van der Waals surface area contributed by atoms with E-state index in [0.29, 0.717) is 0 Å². The van der Waals surface area contributed by atoms with Crippen LogP contribution in [0, 0.1) is 0 Å². The molecule has 0 amide bonds. The normalized spacial score (nSPS) is 10.4. The van der Waals surface area contributed by atoms with Gasteiger partial charge >= 0.3 is 0 Å². The van der Waals surface area contributed by atoms with Crippen LogP contribution in [0.4, 0.5) is 5.82 Å². The zero-order valence-corrected chi connectivity index (χ0v) is 8.41. The van der Waals surface area contributed by atoms with Crippen LogP contribution in [0.1, 0.15) is 12.5 Å². The first-order valence-corrected chi connectivity index (χ1v) is 4.77. The molecular formula is C11H13N3. The zero-order valence-electron chi connectivity index (χ0n) is 8.41. The molecule has 0 atom stereocenters. The number of fused-ring (bicyclic) bond motifs is 1. The van der Waals surface area contributed by atoms with Gasteiger partial charge in [-0.15, -0.1) is 0 Å². The molecule has 3 heteroatoms. The van der Waals surface area contributed by atoms with Crippen molar-refractivity contribution in [2.24, 2.45) is 0 Å². The molecule has 0 aliphatic rings. The Labute approximate surface area is 83.2 Å². The maximum absolute atomic E-state index is 4.25. The van der Waals surface area contributed by atoms with Gasteiger partial charge in [-0.05, 0) is 18.1 Å². The number of rotatable bonds is 2. The summed E-state index contributed by atoms with van der Waals surface area (Å²) in [5, 5.41) is 4.23. The van der Waals surface area contributed by atoms with E-state index in [0.717, 1.165) is 23.1 Å². The highest BCUT2D eigenvalue weighted by molar-refractivity contribution is 5.91. The lowest BCUT2D eigenvalue weighted by molar-refractivity contribution is 1.14. The molecule has 1 aromatic heterocycles. The van der Waals surface area contributed by atoms with Crippen molar-refractivity contribution >= 4 is 16.7 Å². The predicted molar refractivity (Wildman–Crippen MR) is 58.5 cm³/mol. The lowest BCUT2D eigenvalue weighted by Gasteiger charge is -2.07. The number of hydrogen-bond acceptors (Lipinski definition) is 3. The Balaban J connectivity index is 2.81. The van der Waals surface area contributed by atoms with E-state index in [2.05, 4.69) is 28.3 Å². The summed E-state index contributed by atoms with van der Waals surface area (Å²) in [5.41, 5.74) is 2.29. The van der Waals surface area contributed by atoms with E-state index in [1.165, 1.54) is 5.56 Å². The Hall–Kier alpha value is -1.64. The van der Waals surface area contributed by atoms with E-state index in [4.69, 9.17) is 0 Å². The minimum atomic E-state index is 0.910. The number of aryl methyl sites for hydroxylation is 1. The molecule has 3 nitrogen and oxygen atoms in total. The second kappa shape index (κ2) is 3.62. The smallest absolute Gasteiger partial charge is 0.137 e. The van der Waals surface area contributed by atoms with E-state index >= 15 is 0 Å². The van der Waals surface area contributed by atoms with Crippen molar-refractivity contribution in [2.45, 2.75) is 13.3 Å². The van der Waals surface area contributed by atoms with Crippen molar-refractivity contribution in [1.29, 1.82) is 0 Å². The van der Waals surface area contributed by atoms with Crippen LogP contribution in [0.25, 0.3) is 10.9 Å². The Bertz CT molecular complexity index is 412. The van der Waals surface area contributed by atoms with Gasteiger partial charge in [0, 0.05) is 12.4 Å². The molecule has 0 saturated heterocycles. The van der Waals surface area contributed by atoms with Crippen LogP contribution in [0.15, 0.2) is 24.5 Å². The second-order valence-electron chi connectivity index (χ2n) is 3.14. The summed E-state index contributed by atoms with van der Waals surface area (Å²) in [4.78, 5) is 8.46. The molecule has 0 bridgehead atoms. The van der Waals surface area contributed by atoms with E-state index in [1.54, 1.807) is 6.33 Å². The number of anilines is 1. The first kappa shape index (κ1) is 8.94. The Morgan fingerprint density at radius 1 is 1.29 bits per heavy atom. The summed E-state index contributed by atoms with van der Waals surface area (Å²) in [7, 11) is 1.88. The van der Waals surface area contributed by atoms with Crippen molar-refractivity contribution in [1.82, 2.24) is 9.97 Å². The molecule has 0 aliphatic carbocycles. The van der Waals surface area contributed by atoms with E-state index in [1.807, 2.05) is 19.2 Å². The summed E-state index contributed by atoms with van der Waals surface area (Å²) in [6, 6.07) is 6.16. The Morgan fingerprint density at radius 3 is 2.86 bits per heavy atom. The summed E-state index contributed by atoms with van der Waals surface area (Å²) in [6.07, 6.45) is 2.59. The lowest BCUT2D eigenvalue weighted by atomic mass is 10.1. The maximum Gasteiger partial charge on any atom is 0.137 e. The van der Waals surface area contributed by atoms with Crippen LogP contribution >= 0.6 is 0 Å². The number of benzene rings is 1. The van der Waals surface area contributed by atoms with Crippen LogP contribution in [0.5, 0.6) is 0 Å². The molecule has 0 radical (unpaired) electrons. The largest absolute Gasteiger partial charge is 0.373 e. The van der Waals surface area contributed by atoms with E-state index in [9.17, 15) is 0 Å². The molecule has 1 N–H and O–H groups in total. The minimum Gasteiger partial charge on any atom is -0.373 e. The topological polar surface area (TPSA) is 37.8 Å². The molecule has 72 valence electrons. The molecule has 2 aromatic rings. The highest BCUT2D eigenvalue weighted by Crippen LogP contribution is 2.23. The number of hydrogen-bond donors (Lipinski definition) is 1. The molecule has 0 saturated carbocycles. The van der Waals surface area contributed by atoms with Gasteiger partial charge in [-0.25, -0.2) is 9.97 Å². The lowest BCUT2D eigenvalue weighted by Crippen LogP contribution is -1.97. The van der Waals surface area contributed by atoms with Crippen molar-refractivity contribution < 1.29 is 0 Å². The fourth-order valence-electron chi connectivity index (χ4n) is 1.67. The van der Waals surface area contributed by atoms with Gasteiger partial charge in [-0.1, -0.05) is 19.1 Å². The fraction of sp³-hybridized carbons (Fsp3) is 0.273. The molecule has 0 unspecified atom stereocenters. The van der Waals surface area contributed by atoms with Gasteiger partial charge in [0.15, 0.2) is 0 Å². The third-order valence-electron chi connectivity index (χ3n) is 2.37. The number of nitrogens with zero attached hydrogens (tertiary/aromatic N) is 2. The highest BCUT2D eigenvalue weighted by Gasteiger charge is 2.05. The second-order valence-corrected chi connectivity index (χ2v) is 3.14. The van der Waals surface area contributed by atoms with Crippen molar-refractivity contribution in [2.75, 3.05) is 12.4 Å². The predicted octanol–water partition coefficient (Wildman–Crippen LogP) is 2.23. The summed E-state index contributed by atoms with van der Waals surface area (Å²) < 4.78 is 0. The highest BCUT2D eigenvalue weighted by atomic mass is 15.0. The number of aromatic nitrogens is 2. The minimum absolute atomic E-state index is 0.910. The van der Waals surface area contributed by atoms with Gasteiger partial charge in [-0.3, -0.25) is 0 Å². The van der Waals surface area contributed by atoms with Crippen LogP contribution in [-0.2, 0) is 6.42 Å². The monoisotopic (exact) mass is 187 g/mol. The van der Waals surface area contributed by atoms with Crippen LogP contribution in [-0.4, -0.2) is 17.0 Å². The van der Waals surface area contributed by atoms with Gasteiger partial charge in [0.2, 0.25) is 0 Å². The molecular weight excluding hydrogens is 174 g/mol. The Morgan fingerprint density at radius 2 is 2.14 bits per heavy atom. The summed E-state index contributed by atoms with van der Waals surface area (Å²) in [6.45, 7) is 2.14. The molecule has 1 aromatic carbocycles. The third-order valence-corrected chi connectivity index (χ3v) is 2.37. The van der Waals surface area contributed by atoms with Crippen molar-refractivity contribution in [3.63, 3.8) is 0 Å². The molecule has 0 spiro atoms. The van der Waals surface area contributed by atoms with Crippen molar-refractivity contribution in [3.8, 4) is 0 Å². The van der Waals surface area contributed by atoms with Crippen LogP contribution in [0.3, 0.4) is 0 Å². The molecule has 1 heterocycles. The first-order valence-electron chi connectivity index (χ1n) is 4.77.